The molecule has 3 aromatic rings. The Labute approximate surface area is 198 Å². The third-order valence-electron chi connectivity index (χ3n) is 5.79. The molecule has 1 N–H and O–H groups in total. The van der Waals surface area contributed by atoms with Gasteiger partial charge in [0.25, 0.3) is 5.91 Å². The summed E-state index contributed by atoms with van der Waals surface area (Å²) in [6.45, 7) is 7.82. The second-order valence-electron chi connectivity index (χ2n) is 8.17. The molecule has 0 unspecified atom stereocenters. The van der Waals surface area contributed by atoms with Crippen molar-refractivity contribution in [2.24, 2.45) is 0 Å². The van der Waals surface area contributed by atoms with Gasteiger partial charge in [-0.1, -0.05) is 29.4 Å². The van der Waals surface area contributed by atoms with Crippen molar-refractivity contribution in [3.05, 3.63) is 76.7 Å². The summed E-state index contributed by atoms with van der Waals surface area (Å²) >= 11 is 1.61. The largest absolute Gasteiger partial charge is 0.361 e. The molecule has 0 bridgehead atoms. The first-order chi connectivity index (χ1) is 15.9. The summed E-state index contributed by atoms with van der Waals surface area (Å²) in [5.41, 5.74) is 4.50. The van der Waals surface area contributed by atoms with Crippen molar-refractivity contribution in [2.45, 2.75) is 31.4 Å². The van der Waals surface area contributed by atoms with Crippen LogP contribution in [0.5, 0.6) is 0 Å². The topological polar surface area (TPSA) is 78.7 Å². The number of amides is 3. The molecule has 172 valence electrons. The number of anilines is 1. The average molecular weight is 465 g/mol. The molecular weight excluding hydrogens is 436 g/mol. The van der Waals surface area contributed by atoms with Gasteiger partial charge in [0.15, 0.2) is 0 Å². The van der Waals surface area contributed by atoms with E-state index in [2.05, 4.69) is 10.5 Å². The maximum absolute atomic E-state index is 13.3. The van der Waals surface area contributed by atoms with Gasteiger partial charge in [-0.25, -0.2) is 4.79 Å². The first-order valence-electron chi connectivity index (χ1n) is 11.0. The lowest BCUT2D eigenvalue weighted by Crippen LogP contribution is -2.51. The van der Waals surface area contributed by atoms with Gasteiger partial charge in [-0.2, -0.15) is 0 Å². The number of nitrogens with zero attached hydrogens (tertiary/aromatic N) is 3. The molecular formula is C25H28N4O3S. The highest BCUT2D eigenvalue weighted by Gasteiger charge is 2.26. The van der Waals surface area contributed by atoms with Crippen LogP contribution in [0.2, 0.25) is 0 Å². The smallest absolute Gasteiger partial charge is 0.321 e. The van der Waals surface area contributed by atoms with Gasteiger partial charge in [-0.15, -0.1) is 11.8 Å². The van der Waals surface area contributed by atoms with Crippen molar-refractivity contribution < 1.29 is 14.1 Å². The first kappa shape index (κ1) is 22.9. The van der Waals surface area contributed by atoms with Gasteiger partial charge in [0.1, 0.15) is 5.76 Å². The molecule has 2 heterocycles. The van der Waals surface area contributed by atoms with Crippen molar-refractivity contribution in [1.82, 2.24) is 15.0 Å². The number of carbonyl (C=O) groups excluding carboxylic acids is 2. The highest BCUT2D eigenvalue weighted by molar-refractivity contribution is 7.98. The molecule has 1 aliphatic heterocycles. The SMILES string of the molecule is Cc1cccc(NC(=O)N2CCN(C(=O)c3ccccc3SCc3c(C)noc3C)CC2)c1. The van der Waals surface area contributed by atoms with E-state index in [0.717, 1.165) is 33.2 Å². The fourth-order valence-corrected chi connectivity index (χ4v) is 5.03. The number of carbonyl (C=O) groups is 2. The highest BCUT2D eigenvalue weighted by atomic mass is 32.2. The Bertz CT molecular complexity index is 1130. The Kier molecular flexibility index (Phi) is 7.03. The zero-order valence-electron chi connectivity index (χ0n) is 19.1. The first-order valence-corrected chi connectivity index (χ1v) is 12.0. The molecule has 0 atom stereocenters. The third-order valence-corrected chi connectivity index (χ3v) is 6.89. The van der Waals surface area contributed by atoms with Crippen LogP contribution in [0.15, 0.2) is 57.9 Å². The Morgan fingerprint density at radius 2 is 1.73 bits per heavy atom. The third kappa shape index (κ3) is 5.39. The molecule has 0 spiro atoms. The Balaban J connectivity index is 1.36. The van der Waals surface area contributed by atoms with Crippen LogP contribution < -0.4 is 5.32 Å². The van der Waals surface area contributed by atoms with E-state index in [9.17, 15) is 9.59 Å². The van der Waals surface area contributed by atoms with Crippen molar-refractivity contribution >= 4 is 29.4 Å². The molecule has 3 amide bonds. The van der Waals surface area contributed by atoms with E-state index < -0.39 is 0 Å². The van der Waals surface area contributed by atoms with E-state index in [4.69, 9.17) is 4.52 Å². The Morgan fingerprint density at radius 3 is 2.42 bits per heavy atom. The number of hydrogen-bond donors (Lipinski definition) is 1. The number of thioether (sulfide) groups is 1. The van der Waals surface area contributed by atoms with Crippen LogP contribution in [-0.4, -0.2) is 53.1 Å². The second-order valence-corrected chi connectivity index (χ2v) is 9.18. The minimum atomic E-state index is -0.136. The predicted molar refractivity (Wildman–Crippen MR) is 130 cm³/mol. The van der Waals surface area contributed by atoms with Crippen LogP contribution in [0.3, 0.4) is 0 Å². The summed E-state index contributed by atoms with van der Waals surface area (Å²) in [6, 6.07) is 15.3. The number of nitrogens with one attached hydrogen (secondary N) is 1. The quantitative estimate of drug-likeness (QED) is 0.545. The Morgan fingerprint density at radius 1 is 1.00 bits per heavy atom. The molecule has 1 aromatic heterocycles. The van der Waals surface area contributed by atoms with Crippen molar-refractivity contribution in [1.29, 1.82) is 0 Å². The summed E-state index contributed by atoms with van der Waals surface area (Å²) in [5.74, 6) is 1.50. The zero-order valence-corrected chi connectivity index (χ0v) is 19.9. The minimum absolute atomic E-state index is 0.00407. The van der Waals surface area contributed by atoms with E-state index in [-0.39, 0.29) is 11.9 Å². The summed E-state index contributed by atoms with van der Waals surface area (Å²) < 4.78 is 5.25. The van der Waals surface area contributed by atoms with Crippen LogP contribution in [-0.2, 0) is 5.75 Å². The number of benzene rings is 2. The normalized spacial score (nSPS) is 13.8. The molecule has 2 aromatic carbocycles. The molecule has 1 saturated heterocycles. The molecule has 33 heavy (non-hydrogen) atoms. The van der Waals surface area contributed by atoms with Crippen molar-refractivity contribution in [3.63, 3.8) is 0 Å². The fraction of sp³-hybridized carbons (Fsp3) is 0.320. The molecule has 1 aliphatic rings. The Hall–Kier alpha value is -3.26. The highest BCUT2D eigenvalue weighted by Crippen LogP contribution is 2.29. The number of urea groups is 1. The second kappa shape index (κ2) is 10.1. The van der Waals surface area contributed by atoms with Crippen molar-refractivity contribution in [3.8, 4) is 0 Å². The lowest BCUT2D eigenvalue weighted by Gasteiger charge is -2.35. The lowest BCUT2D eigenvalue weighted by atomic mass is 10.2. The fourth-order valence-electron chi connectivity index (χ4n) is 3.84. The predicted octanol–water partition coefficient (Wildman–Crippen LogP) is 4.88. The number of hydrogen-bond acceptors (Lipinski definition) is 5. The zero-order chi connectivity index (χ0) is 23.4. The molecule has 8 heteroatoms. The van der Waals surface area contributed by atoms with Crippen LogP contribution in [0.1, 0.15) is 32.9 Å². The van der Waals surface area contributed by atoms with Gasteiger partial charge >= 0.3 is 6.03 Å². The number of rotatable bonds is 5. The summed E-state index contributed by atoms with van der Waals surface area (Å²) in [4.78, 5) is 30.4. The van der Waals surface area contributed by atoms with Gasteiger partial charge in [0.05, 0.1) is 11.3 Å². The van der Waals surface area contributed by atoms with Crippen LogP contribution in [0.25, 0.3) is 0 Å². The van der Waals surface area contributed by atoms with Gasteiger partial charge in [-0.3, -0.25) is 4.79 Å². The van der Waals surface area contributed by atoms with E-state index in [1.807, 2.05) is 74.2 Å². The van der Waals surface area contributed by atoms with E-state index in [1.54, 1.807) is 16.7 Å². The molecule has 7 nitrogen and oxygen atoms in total. The summed E-state index contributed by atoms with van der Waals surface area (Å²) in [7, 11) is 0. The molecule has 0 aliphatic carbocycles. The van der Waals surface area contributed by atoms with Crippen LogP contribution in [0.4, 0.5) is 10.5 Å². The standard InChI is InChI=1S/C25H28N4O3S/c1-17-7-6-8-20(15-17)26-25(31)29-13-11-28(12-14-29)24(30)21-9-4-5-10-23(21)33-16-22-18(2)27-32-19(22)3/h4-10,15H,11-14,16H2,1-3H3,(H,26,31). The summed E-state index contributed by atoms with van der Waals surface area (Å²) in [5, 5.41) is 6.95. The number of aromatic nitrogens is 1. The van der Waals surface area contributed by atoms with Gasteiger partial charge in [0, 0.05) is 48.1 Å². The minimum Gasteiger partial charge on any atom is -0.361 e. The number of aryl methyl sites for hydroxylation is 3. The lowest BCUT2D eigenvalue weighted by molar-refractivity contribution is 0.0668. The maximum Gasteiger partial charge on any atom is 0.321 e. The maximum atomic E-state index is 13.3. The molecule has 0 radical (unpaired) electrons. The van der Waals surface area contributed by atoms with Crippen molar-refractivity contribution in [2.75, 3.05) is 31.5 Å². The van der Waals surface area contributed by atoms with Gasteiger partial charge in [-0.05, 0) is 50.6 Å². The van der Waals surface area contributed by atoms with E-state index in [1.165, 1.54) is 0 Å². The van der Waals surface area contributed by atoms with E-state index >= 15 is 0 Å². The van der Waals surface area contributed by atoms with Crippen LogP contribution in [0, 0.1) is 20.8 Å². The van der Waals surface area contributed by atoms with Gasteiger partial charge < -0.3 is 19.6 Å². The van der Waals surface area contributed by atoms with Gasteiger partial charge in [0.2, 0.25) is 0 Å². The average Bonchev–Trinajstić information content (AvgIpc) is 3.14. The molecule has 1 fully saturated rings. The number of piperazine rings is 1. The monoisotopic (exact) mass is 464 g/mol. The van der Waals surface area contributed by atoms with Crippen LogP contribution >= 0.6 is 11.8 Å². The van der Waals surface area contributed by atoms with E-state index in [0.29, 0.717) is 37.5 Å². The molecule has 0 saturated carbocycles. The molecule has 4 rings (SSSR count). The summed E-state index contributed by atoms with van der Waals surface area (Å²) in [6.07, 6.45) is 0.